The van der Waals surface area contributed by atoms with E-state index in [4.69, 9.17) is 16.4 Å². The zero-order valence-electron chi connectivity index (χ0n) is 7.60. The zero-order chi connectivity index (χ0) is 10.0. The molecule has 0 amide bonds. The van der Waals surface area contributed by atoms with Crippen LogP contribution in [0.1, 0.15) is 25.0 Å². The first kappa shape index (κ1) is 9.85. The Morgan fingerprint density at radius 1 is 1.64 bits per heavy atom. The molecule has 0 aliphatic carbocycles. The second-order valence-electron chi connectivity index (χ2n) is 3.22. The van der Waals surface area contributed by atoms with E-state index in [2.05, 4.69) is 9.82 Å². The van der Waals surface area contributed by atoms with Crippen LogP contribution in [0.5, 0.6) is 0 Å². The van der Waals surface area contributed by atoms with E-state index in [1.807, 2.05) is 0 Å². The molecule has 1 unspecified atom stereocenters. The molecule has 1 atom stereocenters. The summed E-state index contributed by atoms with van der Waals surface area (Å²) in [5.41, 5.74) is 6.07. The predicted octanol–water partition coefficient (Wildman–Crippen LogP) is 1.08. The van der Waals surface area contributed by atoms with E-state index in [1.165, 1.54) is 11.3 Å². The number of hydrogen-bond donors (Lipinski definition) is 1. The Bertz CT molecular complexity index is 309. The Hall–Kier alpha value is -0.690. The van der Waals surface area contributed by atoms with Crippen LogP contribution in [-0.4, -0.2) is 11.6 Å². The Morgan fingerprint density at radius 2 is 2.50 bits per heavy atom. The number of anilines is 1. The fourth-order valence-electron chi connectivity index (χ4n) is 1.55. The fourth-order valence-corrected chi connectivity index (χ4v) is 2.17. The van der Waals surface area contributed by atoms with Crippen molar-refractivity contribution in [2.24, 2.45) is 0 Å². The molecular formula is C8H11N3O2S. The topological polar surface area (TPSA) is 79.7 Å². The highest BCUT2D eigenvalue weighted by Crippen LogP contribution is 2.36. The Balaban J connectivity index is 2.26. The highest BCUT2D eigenvalue weighted by atomic mass is 32.1. The summed E-state index contributed by atoms with van der Waals surface area (Å²) in [5.74, 6) is 7.81. The minimum Gasteiger partial charge on any atom is -0.375 e. The molecule has 2 radical (unpaired) electrons. The fraction of sp³-hybridized carbons (Fsp3) is 0.625. The van der Waals surface area contributed by atoms with E-state index in [9.17, 15) is 0 Å². The molecule has 5 nitrogen and oxygen atoms in total. The Morgan fingerprint density at radius 3 is 3.00 bits per heavy atom. The molecule has 0 bridgehead atoms. The first-order valence-electron chi connectivity index (χ1n) is 4.45. The van der Waals surface area contributed by atoms with Gasteiger partial charge in [0.25, 0.3) is 0 Å². The molecule has 2 rings (SSSR count). The van der Waals surface area contributed by atoms with E-state index in [1.54, 1.807) is 5.38 Å². The van der Waals surface area contributed by atoms with Crippen molar-refractivity contribution in [1.82, 2.24) is 10.9 Å². The summed E-state index contributed by atoms with van der Waals surface area (Å²) in [6, 6.07) is 0. The van der Waals surface area contributed by atoms with Crippen LogP contribution in [0.2, 0.25) is 0 Å². The average molecular weight is 213 g/mol. The van der Waals surface area contributed by atoms with Crippen LogP contribution in [0, 0.1) is 0 Å². The molecule has 0 aromatic carbocycles. The summed E-state index contributed by atoms with van der Waals surface area (Å²) < 4.78 is 5.43. The van der Waals surface area contributed by atoms with Gasteiger partial charge in [0.1, 0.15) is 5.69 Å². The van der Waals surface area contributed by atoms with Crippen molar-refractivity contribution in [3.05, 3.63) is 11.1 Å². The summed E-state index contributed by atoms with van der Waals surface area (Å²) >= 11 is 1.31. The van der Waals surface area contributed by atoms with Gasteiger partial charge in [-0.1, -0.05) is 0 Å². The number of rotatable bonds is 2. The number of aromatic nitrogens is 1. The van der Waals surface area contributed by atoms with Gasteiger partial charge in [0, 0.05) is 17.7 Å². The third kappa shape index (κ3) is 1.61. The standard InChI is InChI=1S/C8H11N3O2S/c9-7-11-6(5-14-7)8(13-10)3-1-2-4-12-8/h5H,1-4H2,(H2,9,11). The minimum atomic E-state index is -1.09. The van der Waals surface area contributed by atoms with Gasteiger partial charge in [-0.3, -0.25) is 0 Å². The summed E-state index contributed by atoms with van der Waals surface area (Å²) in [6.07, 6.45) is 2.52. The molecule has 0 saturated carbocycles. The summed E-state index contributed by atoms with van der Waals surface area (Å²) in [7, 11) is 0. The van der Waals surface area contributed by atoms with Crippen LogP contribution in [0.15, 0.2) is 5.38 Å². The second kappa shape index (κ2) is 3.82. The largest absolute Gasteiger partial charge is 0.375 e. The number of thiazole rings is 1. The van der Waals surface area contributed by atoms with Crippen molar-refractivity contribution >= 4 is 16.5 Å². The summed E-state index contributed by atoms with van der Waals surface area (Å²) in [5, 5.41) is 2.20. The highest BCUT2D eigenvalue weighted by Gasteiger charge is 2.39. The van der Waals surface area contributed by atoms with Crippen LogP contribution in [0.3, 0.4) is 0 Å². The quantitative estimate of drug-likeness (QED) is 0.745. The Kier molecular flexibility index (Phi) is 2.69. The molecule has 1 saturated heterocycles. The molecule has 6 heteroatoms. The average Bonchev–Trinajstić information content (AvgIpc) is 2.66. The third-order valence-corrected chi connectivity index (χ3v) is 2.97. The number of nitrogens with two attached hydrogens (primary N) is 1. The maximum absolute atomic E-state index is 8.90. The lowest BCUT2D eigenvalue weighted by molar-refractivity contribution is -0.276. The van der Waals surface area contributed by atoms with Crippen molar-refractivity contribution < 1.29 is 9.57 Å². The van der Waals surface area contributed by atoms with Crippen LogP contribution in [0.25, 0.3) is 0 Å². The molecule has 0 spiro atoms. The lowest BCUT2D eigenvalue weighted by Gasteiger charge is -2.32. The van der Waals surface area contributed by atoms with Crippen molar-refractivity contribution in [2.45, 2.75) is 25.0 Å². The van der Waals surface area contributed by atoms with Gasteiger partial charge in [-0.2, -0.15) is 0 Å². The van der Waals surface area contributed by atoms with Crippen molar-refractivity contribution in [1.29, 1.82) is 0 Å². The van der Waals surface area contributed by atoms with Gasteiger partial charge in [0.2, 0.25) is 5.79 Å². The molecular weight excluding hydrogens is 202 g/mol. The van der Waals surface area contributed by atoms with Crippen LogP contribution in [-0.2, 0) is 15.4 Å². The van der Waals surface area contributed by atoms with Crippen molar-refractivity contribution in [3.63, 3.8) is 0 Å². The molecule has 1 aliphatic rings. The Labute approximate surface area is 86.0 Å². The summed E-state index contributed by atoms with van der Waals surface area (Å²) in [4.78, 5) is 8.51. The van der Waals surface area contributed by atoms with Gasteiger partial charge < -0.3 is 10.5 Å². The normalized spacial score (nSPS) is 27.8. The lowest BCUT2D eigenvalue weighted by Crippen LogP contribution is -2.36. The van der Waals surface area contributed by atoms with E-state index in [-0.39, 0.29) is 0 Å². The molecule has 1 aromatic heterocycles. The SMILES string of the molecule is [N]OC1(c2csc(N)n2)CCCCO1. The molecule has 76 valence electrons. The van der Waals surface area contributed by atoms with Gasteiger partial charge in [-0.25, -0.2) is 9.82 Å². The summed E-state index contributed by atoms with van der Waals surface area (Å²) in [6.45, 7) is 0.567. The maximum Gasteiger partial charge on any atom is 0.235 e. The second-order valence-corrected chi connectivity index (χ2v) is 4.11. The molecule has 1 aliphatic heterocycles. The maximum atomic E-state index is 8.90. The minimum absolute atomic E-state index is 0.450. The lowest BCUT2D eigenvalue weighted by atomic mass is 10.0. The first-order valence-corrected chi connectivity index (χ1v) is 5.33. The molecule has 1 fully saturated rings. The van der Waals surface area contributed by atoms with E-state index in [0.717, 1.165) is 12.8 Å². The van der Waals surface area contributed by atoms with Gasteiger partial charge in [-0.05, 0) is 12.8 Å². The van der Waals surface area contributed by atoms with Crippen LogP contribution in [0.4, 0.5) is 5.13 Å². The monoisotopic (exact) mass is 213 g/mol. The number of ether oxygens (including phenoxy) is 1. The zero-order valence-corrected chi connectivity index (χ0v) is 8.42. The van der Waals surface area contributed by atoms with E-state index < -0.39 is 5.79 Å². The third-order valence-electron chi connectivity index (χ3n) is 2.30. The molecule has 1 aromatic rings. The van der Waals surface area contributed by atoms with Crippen LogP contribution < -0.4 is 11.6 Å². The molecule has 2 N–H and O–H groups in total. The van der Waals surface area contributed by atoms with Crippen molar-refractivity contribution in [2.75, 3.05) is 12.3 Å². The number of nitrogen functional groups attached to an aromatic ring is 1. The predicted molar refractivity (Wildman–Crippen MR) is 51.2 cm³/mol. The van der Waals surface area contributed by atoms with Crippen LogP contribution >= 0.6 is 11.3 Å². The van der Waals surface area contributed by atoms with Gasteiger partial charge in [-0.15, -0.1) is 11.3 Å². The number of nitrogens with zero attached hydrogens (tertiary/aromatic N) is 2. The molecule has 14 heavy (non-hydrogen) atoms. The molecule has 2 heterocycles. The van der Waals surface area contributed by atoms with Gasteiger partial charge >= 0.3 is 0 Å². The van der Waals surface area contributed by atoms with Gasteiger partial charge in [0.05, 0.1) is 6.61 Å². The van der Waals surface area contributed by atoms with E-state index >= 15 is 0 Å². The van der Waals surface area contributed by atoms with E-state index in [0.29, 0.717) is 23.9 Å². The van der Waals surface area contributed by atoms with Crippen molar-refractivity contribution in [3.8, 4) is 0 Å². The smallest absolute Gasteiger partial charge is 0.235 e. The first-order chi connectivity index (χ1) is 6.77. The number of hydrogen-bond acceptors (Lipinski definition) is 5. The highest BCUT2D eigenvalue weighted by molar-refractivity contribution is 7.13. The van der Waals surface area contributed by atoms with Gasteiger partial charge in [0.15, 0.2) is 5.13 Å².